The monoisotopic (exact) mass is 280 g/mol. The van der Waals surface area contributed by atoms with Crippen molar-refractivity contribution in [3.05, 3.63) is 29.6 Å². The van der Waals surface area contributed by atoms with Crippen LogP contribution in [0, 0.1) is 5.82 Å². The van der Waals surface area contributed by atoms with E-state index in [0.29, 0.717) is 18.1 Å². The average Bonchev–Trinajstić information content (AvgIpc) is 2.39. The molecule has 1 aliphatic heterocycles. The Bertz CT molecular complexity index is 452. The van der Waals surface area contributed by atoms with Gasteiger partial charge in [0.25, 0.3) is 0 Å². The summed E-state index contributed by atoms with van der Waals surface area (Å²) in [6.45, 7) is 0. The van der Waals surface area contributed by atoms with E-state index in [1.165, 1.54) is 17.7 Å². The Morgan fingerprint density at radius 1 is 1.26 bits per heavy atom. The highest BCUT2D eigenvalue weighted by Gasteiger charge is 2.26. The number of hydrogen-bond acceptors (Lipinski definition) is 3. The van der Waals surface area contributed by atoms with Gasteiger partial charge in [0, 0.05) is 23.0 Å². The third-order valence-corrected chi connectivity index (χ3v) is 5.29. The molecule has 2 nitrogen and oxygen atoms in total. The summed E-state index contributed by atoms with van der Waals surface area (Å²) in [7, 11) is 0. The minimum absolute atomic E-state index is 0.131. The summed E-state index contributed by atoms with van der Waals surface area (Å²) in [6.07, 6.45) is 5.67. The Hall–Kier alpha value is -0.580. The van der Waals surface area contributed by atoms with Gasteiger partial charge in [0.2, 0.25) is 0 Å². The molecular formula is C15H21FN2S. The highest BCUT2D eigenvalue weighted by molar-refractivity contribution is 7.99. The van der Waals surface area contributed by atoms with Gasteiger partial charge >= 0.3 is 0 Å². The topological polar surface area (TPSA) is 38.0 Å². The number of fused-ring (bicyclic) bond motifs is 1. The van der Waals surface area contributed by atoms with Gasteiger partial charge in [-0.25, -0.2) is 4.39 Å². The third kappa shape index (κ3) is 3.12. The van der Waals surface area contributed by atoms with Crippen molar-refractivity contribution >= 4 is 11.8 Å². The van der Waals surface area contributed by atoms with Gasteiger partial charge in [-0.15, -0.1) is 11.8 Å². The first-order chi connectivity index (χ1) is 9.22. The molecule has 3 rings (SSSR count). The van der Waals surface area contributed by atoms with Gasteiger partial charge in [0.05, 0.1) is 0 Å². The fourth-order valence-corrected chi connectivity index (χ4v) is 4.31. The maximum absolute atomic E-state index is 13.5. The lowest BCUT2D eigenvalue weighted by Crippen LogP contribution is -2.41. The number of benzene rings is 1. The Morgan fingerprint density at radius 3 is 3.00 bits per heavy atom. The van der Waals surface area contributed by atoms with E-state index in [0.717, 1.165) is 30.6 Å². The lowest BCUT2D eigenvalue weighted by Gasteiger charge is -2.34. The van der Waals surface area contributed by atoms with Crippen LogP contribution in [-0.2, 0) is 0 Å². The molecular weight excluding hydrogens is 259 g/mol. The van der Waals surface area contributed by atoms with Crippen molar-refractivity contribution in [3.8, 4) is 0 Å². The third-order valence-electron chi connectivity index (χ3n) is 4.16. The molecule has 3 atom stereocenters. The molecule has 104 valence electrons. The van der Waals surface area contributed by atoms with E-state index in [1.807, 2.05) is 17.8 Å². The molecule has 1 aromatic carbocycles. The van der Waals surface area contributed by atoms with Crippen LogP contribution < -0.4 is 11.1 Å². The second-order valence-corrected chi connectivity index (χ2v) is 6.80. The van der Waals surface area contributed by atoms with Crippen LogP contribution in [0.4, 0.5) is 4.39 Å². The lowest BCUT2D eigenvalue weighted by atomic mass is 9.90. The maximum Gasteiger partial charge on any atom is 0.123 e. The fourth-order valence-electron chi connectivity index (χ4n) is 3.20. The van der Waals surface area contributed by atoms with E-state index in [9.17, 15) is 4.39 Å². The summed E-state index contributed by atoms with van der Waals surface area (Å²) in [4.78, 5) is 1.23. The number of thioether (sulfide) groups is 1. The molecule has 19 heavy (non-hydrogen) atoms. The zero-order valence-corrected chi connectivity index (χ0v) is 11.9. The SMILES string of the molecule is NC1CCCC(NC2CCSc3ccc(F)cc32)C1. The molecule has 1 heterocycles. The second kappa shape index (κ2) is 5.81. The molecule has 0 amide bonds. The number of nitrogens with two attached hydrogens (primary N) is 1. The summed E-state index contributed by atoms with van der Waals surface area (Å²) in [5.74, 6) is 0.975. The molecule has 0 spiro atoms. The van der Waals surface area contributed by atoms with Crippen LogP contribution in [0.1, 0.15) is 43.7 Å². The molecule has 1 saturated carbocycles. The summed E-state index contributed by atoms with van der Waals surface area (Å²) in [6, 6.07) is 6.29. The molecule has 1 fully saturated rings. The van der Waals surface area contributed by atoms with E-state index < -0.39 is 0 Å². The maximum atomic E-state index is 13.5. The van der Waals surface area contributed by atoms with Gasteiger partial charge in [0.1, 0.15) is 5.82 Å². The van der Waals surface area contributed by atoms with E-state index in [-0.39, 0.29) is 5.82 Å². The zero-order chi connectivity index (χ0) is 13.2. The van der Waals surface area contributed by atoms with Crippen LogP contribution >= 0.6 is 11.8 Å². The van der Waals surface area contributed by atoms with Crippen LogP contribution in [0.3, 0.4) is 0 Å². The van der Waals surface area contributed by atoms with Gasteiger partial charge in [-0.3, -0.25) is 0 Å². The largest absolute Gasteiger partial charge is 0.328 e. The van der Waals surface area contributed by atoms with E-state index in [4.69, 9.17) is 5.73 Å². The van der Waals surface area contributed by atoms with Gasteiger partial charge in [0.15, 0.2) is 0 Å². The smallest absolute Gasteiger partial charge is 0.123 e. The molecule has 0 aromatic heterocycles. The predicted molar refractivity (Wildman–Crippen MR) is 77.8 cm³/mol. The molecule has 0 saturated heterocycles. The molecule has 3 N–H and O–H groups in total. The number of rotatable bonds is 2. The van der Waals surface area contributed by atoms with Crippen molar-refractivity contribution < 1.29 is 4.39 Å². The van der Waals surface area contributed by atoms with Crippen LogP contribution in [0.15, 0.2) is 23.1 Å². The van der Waals surface area contributed by atoms with E-state index >= 15 is 0 Å². The highest BCUT2D eigenvalue weighted by Crippen LogP contribution is 2.37. The summed E-state index contributed by atoms with van der Waals surface area (Å²) in [5, 5.41) is 3.71. The first-order valence-electron chi connectivity index (χ1n) is 7.16. The quantitative estimate of drug-likeness (QED) is 0.873. The van der Waals surface area contributed by atoms with Gasteiger partial charge in [-0.1, -0.05) is 6.42 Å². The van der Waals surface area contributed by atoms with Crippen molar-refractivity contribution in [2.24, 2.45) is 5.73 Å². The molecule has 3 unspecified atom stereocenters. The van der Waals surface area contributed by atoms with Crippen LogP contribution in [0.5, 0.6) is 0 Å². The number of hydrogen-bond donors (Lipinski definition) is 2. The molecule has 0 radical (unpaired) electrons. The molecule has 1 aliphatic carbocycles. The van der Waals surface area contributed by atoms with E-state index in [1.54, 1.807) is 12.1 Å². The molecule has 2 aliphatic rings. The van der Waals surface area contributed by atoms with Crippen LogP contribution in [0.2, 0.25) is 0 Å². The Balaban J connectivity index is 1.74. The Morgan fingerprint density at radius 2 is 2.16 bits per heavy atom. The Kier molecular flexibility index (Phi) is 4.10. The number of halogens is 1. The van der Waals surface area contributed by atoms with Crippen molar-refractivity contribution in [1.29, 1.82) is 0 Å². The van der Waals surface area contributed by atoms with E-state index in [2.05, 4.69) is 5.32 Å². The molecule has 0 bridgehead atoms. The second-order valence-electron chi connectivity index (χ2n) is 5.66. The van der Waals surface area contributed by atoms with Crippen molar-refractivity contribution in [3.63, 3.8) is 0 Å². The average molecular weight is 280 g/mol. The highest BCUT2D eigenvalue weighted by atomic mass is 32.2. The van der Waals surface area contributed by atoms with Crippen molar-refractivity contribution in [2.45, 2.75) is 55.1 Å². The van der Waals surface area contributed by atoms with Crippen LogP contribution in [0.25, 0.3) is 0 Å². The molecule has 4 heteroatoms. The summed E-state index contributed by atoms with van der Waals surface area (Å²) in [5.41, 5.74) is 7.18. The minimum Gasteiger partial charge on any atom is -0.328 e. The summed E-state index contributed by atoms with van der Waals surface area (Å²) >= 11 is 1.83. The predicted octanol–water partition coefficient (Wildman–Crippen LogP) is 3.22. The van der Waals surface area contributed by atoms with Gasteiger partial charge in [-0.05, 0) is 55.2 Å². The summed E-state index contributed by atoms with van der Waals surface area (Å²) < 4.78 is 13.5. The van der Waals surface area contributed by atoms with Crippen LogP contribution in [-0.4, -0.2) is 17.8 Å². The fraction of sp³-hybridized carbons (Fsp3) is 0.600. The number of nitrogens with one attached hydrogen (secondary N) is 1. The normalized spacial score (nSPS) is 30.9. The first-order valence-corrected chi connectivity index (χ1v) is 8.15. The Labute approximate surface area is 118 Å². The van der Waals surface area contributed by atoms with Gasteiger partial charge in [-0.2, -0.15) is 0 Å². The zero-order valence-electron chi connectivity index (χ0n) is 11.1. The van der Waals surface area contributed by atoms with Crippen molar-refractivity contribution in [2.75, 3.05) is 5.75 Å². The minimum atomic E-state index is -0.131. The van der Waals surface area contributed by atoms with Gasteiger partial charge < -0.3 is 11.1 Å². The lowest BCUT2D eigenvalue weighted by molar-refractivity contribution is 0.307. The molecule has 1 aromatic rings. The first kappa shape index (κ1) is 13.4. The van der Waals surface area contributed by atoms with Crippen molar-refractivity contribution in [1.82, 2.24) is 5.32 Å². The standard InChI is InChI=1S/C15H21FN2S/c16-10-4-5-15-13(8-10)14(6-7-19-15)18-12-3-1-2-11(17)9-12/h4-5,8,11-12,14,18H,1-3,6-7,9,17H2.